The molecule has 2 heterocycles. The van der Waals surface area contributed by atoms with Crippen LogP contribution in [-0.4, -0.2) is 22.6 Å². The average Bonchev–Trinajstić information content (AvgIpc) is 2.92. The molecule has 0 bridgehead atoms. The summed E-state index contributed by atoms with van der Waals surface area (Å²) in [5.41, 5.74) is 0.677. The highest BCUT2D eigenvalue weighted by atomic mass is 16.5. The third kappa shape index (κ3) is 2.67. The zero-order valence-corrected chi connectivity index (χ0v) is 13.1. The first kappa shape index (κ1) is 15.1. The molecule has 1 aliphatic heterocycles. The molecule has 3 rings (SSSR count). The van der Waals surface area contributed by atoms with Gasteiger partial charge in [-0.05, 0) is 50.6 Å². The normalized spacial score (nSPS) is 16.0. The quantitative estimate of drug-likeness (QED) is 0.942. The van der Waals surface area contributed by atoms with Crippen molar-refractivity contribution in [3.8, 4) is 5.75 Å². The molecule has 1 aromatic heterocycles. The molecular formula is C17H17NO5. The van der Waals surface area contributed by atoms with Gasteiger partial charge in [-0.15, -0.1) is 0 Å². The van der Waals surface area contributed by atoms with Crippen LogP contribution in [0.2, 0.25) is 0 Å². The molecule has 120 valence electrons. The number of anilines is 1. The van der Waals surface area contributed by atoms with Gasteiger partial charge in [0.05, 0.1) is 12.2 Å². The van der Waals surface area contributed by atoms with Crippen LogP contribution >= 0.6 is 0 Å². The predicted molar refractivity (Wildman–Crippen MR) is 82.7 cm³/mol. The summed E-state index contributed by atoms with van der Waals surface area (Å²) in [5.74, 6) is -0.466. The van der Waals surface area contributed by atoms with Crippen LogP contribution in [0.15, 0.2) is 34.7 Å². The Balaban J connectivity index is 1.99. The molecule has 23 heavy (non-hydrogen) atoms. The number of fused-ring (bicyclic) bond motifs is 1. The van der Waals surface area contributed by atoms with E-state index in [1.165, 1.54) is 6.07 Å². The number of carboxylic acid groups (broad SMARTS) is 1. The van der Waals surface area contributed by atoms with Gasteiger partial charge in [0.1, 0.15) is 11.5 Å². The summed E-state index contributed by atoms with van der Waals surface area (Å²) >= 11 is 0. The zero-order valence-electron chi connectivity index (χ0n) is 13.1. The summed E-state index contributed by atoms with van der Waals surface area (Å²) in [6.07, 6.45) is 0. The molecule has 0 saturated carbocycles. The minimum atomic E-state index is -1.14. The molecule has 1 aliphatic rings. The molecule has 0 fully saturated rings. The molecule has 1 aromatic carbocycles. The van der Waals surface area contributed by atoms with E-state index >= 15 is 0 Å². The Hall–Kier alpha value is -2.76. The number of aromatic carboxylic acids is 1. The van der Waals surface area contributed by atoms with E-state index in [1.807, 2.05) is 25.1 Å². The molecule has 6 nitrogen and oxygen atoms in total. The topological polar surface area (TPSA) is 80.0 Å². The highest BCUT2D eigenvalue weighted by Gasteiger charge is 2.41. The summed E-state index contributed by atoms with van der Waals surface area (Å²) in [6, 6.07) is 8.53. The molecule has 0 aliphatic carbocycles. The van der Waals surface area contributed by atoms with Gasteiger partial charge in [-0.25, -0.2) is 4.79 Å². The Morgan fingerprint density at radius 2 is 2.00 bits per heavy atom. The third-order valence-electron chi connectivity index (χ3n) is 3.72. The van der Waals surface area contributed by atoms with Gasteiger partial charge in [0, 0.05) is 0 Å². The maximum Gasteiger partial charge on any atom is 0.371 e. The number of hydrogen-bond donors (Lipinski definition) is 1. The van der Waals surface area contributed by atoms with E-state index in [0.717, 1.165) is 5.56 Å². The Morgan fingerprint density at radius 3 is 2.65 bits per heavy atom. The first-order valence-corrected chi connectivity index (χ1v) is 7.21. The lowest BCUT2D eigenvalue weighted by molar-refractivity contribution is -0.132. The Labute approximate surface area is 133 Å². The van der Waals surface area contributed by atoms with Gasteiger partial charge >= 0.3 is 5.97 Å². The molecule has 0 atom stereocenters. The van der Waals surface area contributed by atoms with Crippen molar-refractivity contribution in [2.24, 2.45) is 0 Å². The number of nitrogens with zero attached hydrogens (tertiary/aromatic N) is 1. The number of carboxylic acids is 1. The predicted octanol–water partition coefficient (Wildman–Crippen LogP) is 2.99. The van der Waals surface area contributed by atoms with Gasteiger partial charge < -0.3 is 14.3 Å². The summed E-state index contributed by atoms with van der Waals surface area (Å²) in [7, 11) is 0. The molecule has 0 unspecified atom stereocenters. The number of ether oxygens (including phenoxy) is 1. The number of aryl methyl sites for hydroxylation is 1. The molecule has 0 radical (unpaired) electrons. The van der Waals surface area contributed by atoms with Gasteiger partial charge in [0.15, 0.2) is 5.60 Å². The van der Waals surface area contributed by atoms with Crippen molar-refractivity contribution >= 4 is 17.6 Å². The van der Waals surface area contributed by atoms with Crippen LogP contribution in [0.5, 0.6) is 5.75 Å². The first-order chi connectivity index (χ1) is 10.8. The number of rotatable bonds is 3. The van der Waals surface area contributed by atoms with Gasteiger partial charge in [0.25, 0.3) is 5.91 Å². The fraction of sp³-hybridized carbons (Fsp3) is 0.294. The fourth-order valence-electron chi connectivity index (χ4n) is 2.57. The summed E-state index contributed by atoms with van der Waals surface area (Å²) in [4.78, 5) is 25.2. The van der Waals surface area contributed by atoms with Gasteiger partial charge in [-0.3, -0.25) is 9.69 Å². The number of benzene rings is 1. The van der Waals surface area contributed by atoms with Crippen molar-refractivity contribution in [1.82, 2.24) is 0 Å². The van der Waals surface area contributed by atoms with Crippen molar-refractivity contribution in [2.75, 3.05) is 4.90 Å². The maximum absolute atomic E-state index is 12.7. The number of carbonyl (C=O) groups excluding carboxylic acids is 1. The second kappa shape index (κ2) is 5.15. The van der Waals surface area contributed by atoms with Crippen molar-refractivity contribution in [1.29, 1.82) is 0 Å². The smallest absolute Gasteiger partial charge is 0.371 e. The molecule has 1 N–H and O–H groups in total. The second-order valence-electron chi connectivity index (χ2n) is 6.05. The molecule has 6 heteroatoms. The number of furan rings is 1. The van der Waals surface area contributed by atoms with Crippen LogP contribution in [0.25, 0.3) is 0 Å². The number of hydrogen-bond acceptors (Lipinski definition) is 4. The van der Waals surface area contributed by atoms with Crippen LogP contribution in [0.4, 0.5) is 5.69 Å². The largest absolute Gasteiger partial charge is 0.476 e. The molecule has 1 amide bonds. The Kier molecular flexibility index (Phi) is 3.39. The van der Waals surface area contributed by atoms with Gasteiger partial charge in [-0.1, -0.05) is 6.07 Å². The monoisotopic (exact) mass is 315 g/mol. The molecule has 0 spiro atoms. The fourth-order valence-corrected chi connectivity index (χ4v) is 2.57. The minimum Gasteiger partial charge on any atom is -0.476 e. The average molecular weight is 315 g/mol. The van der Waals surface area contributed by atoms with E-state index in [-0.39, 0.29) is 18.2 Å². The maximum atomic E-state index is 12.7. The SMILES string of the molecule is Cc1ccc2c(c1)OC(C)(C)C(=O)N2Cc1ccc(C(=O)O)o1. The highest BCUT2D eigenvalue weighted by Crippen LogP contribution is 2.39. The Bertz CT molecular complexity index is 790. The second-order valence-corrected chi connectivity index (χ2v) is 6.05. The van der Waals surface area contributed by atoms with Crippen LogP contribution in [-0.2, 0) is 11.3 Å². The van der Waals surface area contributed by atoms with E-state index in [9.17, 15) is 9.59 Å². The van der Waals surface area contributed by atoms with E-state index in [0.29, 0.717) is 17.2 Å². The lowest BCUT2D eigenvalue weighted by atomic mass is 10.0. The van der Waals surface area contributed by atoms with Crippen LogP contribution < -0.4 is 9.64 Å². The van der Waals surface area contributed by atoms with Crippen LogP contribution in [0, 0.1) is 6.92 Å². The van der Waals surface area contributed by atoms with E-state index in [1.54, 1.807) is 24.8 Å². The van der Waals surface area contributed by atoms with Crippen molar-refractivity contribution in [2.45, 2.75) is 32.9 Å². The summed E-state index contributed by atoms with van der Waals surface area (Å²) < 4.78 is 11.1. The lowest BCUT2D eigenvalue weighted by Crippen LogP contribution is -2.52. The van der Waals surface area contributed by atoms with Gasteiger partial charge in [-0.2, -0.15) is 0 Å². The van der Waals surface area contributed by atoms with Gasteiger partial charge in [0.2, 0.25) is 5.76 Å². The van der Waals surface area contributed by atoms with E-state index < -0.39 is 11.6 Å². The standard InChI is InChI=1S/C17H17NO5/c1-10-4-6-12-14(8-10)23-17(2,3)16(21)18(12)9-11-5-7-13(22-11)15(19)20/h4-8H,9H2,1-3H3,(H,19,20). The van der Waals surface area contributed by atoms with Crippen LogP contribution in [0.1, 0.15) is 35.7 Å². The number of amides is 1. The highest BCUT2D eigenvalue weighted by molar-refractivity contribution is 6.02. The molecule has 0 saturated heterocycles. The first-order valence-electron chi connectivity index (χ1n) is 7.21. The van der Waals surface area contributed by atoms with Crippen molar-refractivity contribution in [3.63, 3.8) is 0 Å². The number of carbonyl (C=O) groups is 2. The van der Waals surface area contributed by atoms with Crippen molar-refractivity contribution in [3.05, 3.63) is 47.4 Å². The Morgan fingerprint density at radius 1 is 1.26 bits per heavy atom. The molecular weight excluding hydrogens is 298 g/mol. The molecule has 2 aromatic rings. The summed E-state index contributed by atoms with van der Waals surface area (Å²) in [6.45, 7) is 5.51. The van der Waals surface area contributed by atoms with Crippen molar-refractivity contribution < 1.29 is 23.8 Å². The zero-order chi connectivity index (χ0) is 16.8. The minimum absolute atomic E-state index is 0.148. The van der Waals surface area contributed by atoms with E-state index in [2.05, 4.69) is 0 Å². The summed E-state index contributed by atoms with van der Waals surface area (Å²) in [5, 5.41) is 8.93. The lowest BCUT2D eigenvalue weighted by Gasteiger charge is -2.38. The van der Waals surface area contributed by atoms with E-state index in [4.69, 9.17) is 14.3 Å². The third-order valence-corrected chi connectivity index (χ3v) is 3.72. The van der Waals surface area contributed by atoms with Crippen LogP contribution in [0.3, 0.4) is 0 Å².